The molecule has 0 saturated heterocycles. The first kappa shape index (κ1) is 8.78. The second-order valence-electron chi connectivity index (χ2n) is 4.24. The number of hydrogen-bond donors (Lipinski definition) is 0. The van der Waals surface area contributed by atoms with Crippen LogP contribution in [0.1, 0.15) is 18.5 Å². The number of hydrogen-bond acceptors (Lipinski definition) is 0. The highest BCUT2D eigenvalue weighted by Crippen LogP contribution is 2.25. The molecule has 0 N–H and O–H groups in total. The zero-order chi connectivity index (χ0) is 10.1. The highest BCUT2D eigenvalue weighted by atomic mass is 15.0. The second kappa shape index (κ2) is 3.58. The molecular weight excluding hydrogens is 182 g/mol. The lowest BCUT2D eigenvalue weighted by Gasteiger charge is -2.13. The molecule has 2 heterocycles. The van der Waals surface area contributed by atoms with Crippen molar-refractivity contribution in [2.75, 3.05) is 0 Å². The van der Waals surface area contributed by atoms with E-state index >= 15 is 0 Å². The molecule has 0 radical (unpaired) electrons. The molecule has 1 heteroatoms. The molecule has 0 aliphatic carbocycles. The molecule has 0 bridgehead atoms. The maximum atomic E-state index is 2.41. The summed E-state index contributed by atoms with van der Waals surface area (Å²) in [5.74, 6) is 0. The van der Waals surface area contributed by atoms with Crippen LogP contribution in [0.3, 0.4) is 0 Å². The van der Waals surface area contributed by atoms with E-state index in [1.165, 1.54) is 42.6 Å². The van der Waals surface area contributed by atoms with Crippen molar-refractivity contribution in [3.63, 3.8) is 0 Å². The Morgan fingerprint density at radius 3 is 2.60 bits per heavy atom. The molecule has 0 atom stereocenters. The first-order valence-corrected chi connectivity index (χ1v) is 5.68. The van der Waals surface area contributed by atoms with Crippen LogP contribution in [0.25, 0.3) is 11.1 Å². The Kier molecular flexibility index (Phi) is 2.09. The predicted molar refractivity (Wildman–Crippen MR) is 62.8 cm³/mol. The lowest BCUT2D eigenvalue weighted by atomic mass is 10.1. The van der Waals surface area contributed by atoms with Gasteiger partial charge in [-0.2, -0.15) is 0 Å². The van der Waals surface area contributed by atoms with Gasteiger partial charge in [0.25, 0.3) is 0 Å². The largest absolute Gasteiger partial charge is 0.351 e. The van der Waals surface area contributed by atoms with Crippen molar-refractivity contribution in [1.29, 1.82) is 0 Å². The van der Waals surface area contributed by atoms with Crippen molar-refractivity contribution in [2.24, 2.45) is 0 Å². The number of rotatable bonds is 1. The van der Waals surface area contributed by atoms with Gasteiger partial charge < -0.3 is 4.57 Å². The van der Waals surface area contributed by atoms with Gasteiger partial charge in [0.1, 0.15) is 0 Å². The van der Waals surface area contributed by atoms with Crippen LogP contribution in [0, 0.1) is 0 Å². The molecule has 0 saturated carbocycles. The van der Waals surface area contributed by atoms with E-state index in [2.05, 4.69) is 47.2 Å². The number of nitrogens with zero attached hydrogens (tertiary/aromatic N) is 1. The Labute approximate surface area is 90.4 Å². The second-order valence-corrected chi connectivity index (χ2v) is 4.24. The van der Waals surface area contributed by atoms with Crippen molar-refractivity contribution < 1.29 is 0 Å². The van der Waals surface area contributed by atoms with Gasteiger partial charge >= 0.3 is 0 Å². The molecule has 3 rings (SSSR count). The maximum absolute atomic E-state index is 2.41. The van der Waals surface area contributed by atoms with Crippen LogP contribution in [0.4, 0.5) is 0 Å². The Morgan fingerprint density at radius 1 is 0.933 bits per heavy atom. The molecule has 0 fully saturated rings. The van der Waals surface area contributed by atoms with Crippen LogP contribution in [0.15, 0.2) is 42.6 Å². The fraction of sp³-hybridized carbons (Fsp3) is 0.286. The van der Waals surface area contributed by atoms with Gasteiger partial charge in [-0.3, -0.25) is 0 Å². The average molecular weight is 197 g/mol. The van der Waals surface area contributed by atoms with Crippen molar-refractivity contribution >= 4 is 0 Å². The maximum Gasteiger partial charge on any atom is 0.0222 e. The molecule has 15 heavy (non-hydrogen) atoms. The van der Waals surface area contributed by atoms with Gasteiger partial charge in [-0.25, -0.2) is 0 Å². The van der Waals surface area contributed by atoms with Gasteiger partial charge in [0.15, 0.2) is 0 Å². The number of aromatic nitrogens is 1. The van der Waals surface area contributed by atoms with Gasteiger partial charge in [-0.1, -0.05) is 30.3 Å². The molecule has 1 aromatic carbocycles. The van der Waals surface area contributed by atoms with E-state index in [1.54, 1.807) is 0 Å². The predicted octanol–water partition coefficient (Wildman–Crippen LogP) is 3.49. The van der Waals surface area contributed by atoms with Crippen LogP contribution < -0.4 is 0 Å². The molecule has 1 aromatic heterocycles. The van der Waals surface area contributed by atoms with E-state index in [1.807, 2.05) is 0 Å². The summed E-state index contributed by atoms with van der Waals surface area (Å²) in [5, 5.41) is 0. The summed E-state index contributed by atoms with van der Waals surface area (Å²) >= 11 is 0. The summed E-state index contributed by atoms with van der Waals surface area (Å²) in [7, 11) is 0. The SMILES string of the molecule is c1ccc(-c2cc3n(c2)CCCC3)cc1. The van der Waals surface area contributed by atoms with Gasteiger partial charge in [0.2, 0.25) is 0 Å². The van der Waals surface area contributed by atoms with E-state index in [0.29, 0.717) is 0 Å². The normalized spacial score (nSPS) is 14.9. The van der Waals surface area contributed by atoms with Gasteiger partial charge in [0, 0.05) is 18.4 Å². The fourth-order valence-corrected chi connectivity index (χ4v) is 2.35. The lowest BCUT2D eigenvalue weighted by molar-refractivity contribution is 0.533. The van der Waals surface area contributed by atoms with E-state index in [-0.39, 0.29) is 0 Å². The minimum absolute atomic E-state index is 1.20. The zero-order valence-electron chi connectivity index (χ0n) is 8.82. The van der Waals surface area contributed by atoms with Crippen LogP contribution in [0.5, 0.6) is 0 Å². The first-order chi connectivity index (χ1) is 7.43. The zero-order valence-corrected chi connectivity index (χ0v) is 8.82. The molecule has 1 aliphatic rings. The number of fused-ring (bicyclic) bond motifs is 1. The summed E-state index contributed by atoms with van der Waals surface area (Å²) in [6.07, 6.45) is 6.21. The van der Waals surface area contributed by atoms with Crippen molar-refractivity contribution in [3.8, 4) is 11.1 Å². The highest BCUT2D eigenvalue weighted by molar-refractivity contribution is 5.63. The topological polar surface area (TPSA) is 4.93 Å². The van der Waals surface area contributed by atoms with E-state index < -0.39 is 0 Å². The van der Waals surface area contributed by atoms with Crippen molar-refractivity contribution in [3.05, 3.63) is 48.3 Å². The Morgan fingerprint density at radius 2 is 1.80 bits per heavy atom. The molecular formula is C14H15N. The minimum Gasteiger partial charge on any atom is -0.351 e. The Hall–Kier alpha value is -1.50. The van der Waals surface area contributed by atoms with E-state index in [9.17, 15) is 0 Å². The first-order valence-electron chi connectivity index (χ1n) is 5.68. The third-order valence-electron chi connectivity index (χ3n) is 3.18. The van der Waals surface area contributed by atoms with E-state index in [4.69, 9.17) is 0 Å². The molecule has 0 amide bonds. The van der Waals surface area contributed by atoms with Crippen LogP contribution >= 0.6 is 0 Å². The standard InChI is InChI=1S/C14H15N/c1-2-6-12(7-3-1)13-10-14-8-4-5-9-15(14)11-13/h1-3,6-7,10-11H,4-5,8-9H2. The Bertz CT molecular complexity index is 430. The summed E-state index contributed by atoms with van der Waals surface area (Å²) in [6.45, 7) is 1.20. The van der Waals surface area contributed by atoms with Crippen molar-refractivity contribution in [2.45, 2.75) is 25.8 Å². The van der Waals surface area contributed by atoms with Crippen LogP contribution in [-0.2, 0) is 13.0 Å². The molecule has 1 nitrogen and oxygen atoms in total. The molecule has 1 aliphatic heterocycles. The van der Waals surface area contributed by atoms with Crippen LogP contribution in [0.2, 0.25) is 0 Å². The molecule has 0 spiro atoms. The third-order valence-corrected chi connectivity index (χ3v) is 3.18. The van der Waals surface area contributed by atoms with Gasteiger partial charge in [0.05, 0.1) is 0 Å². The molecule has 0 unspecified atom stereocenters. The summed E-state index contributed by atoms with van der Waals surface area (Å²) < 4.78 is 2.41. The average Bonchev–Trinajstić information content (AvgIpc) is 2.74. The summed E-state index contributed by atoms with van der Waals surface area (Å²) in [6, 6.07) is 13.0. The van der Waals surface area contributed by atoms with E-state index in [0.717, 1.165) is 0 Å². The highest BCUT2D eigenvalue weighted by Gasteiger charge is 2.10. The van der Waals surface area contributed by atoms with Gasteiger partial charge in [-0.15, -0.1) is 0 Å². The summed E-state index contributed by atoms with van der Waals surface area (Å²) in [5.41, 5.74) is 4.20. The third kappa shape index (κ3) is 1.58. The molecule has 76 valence electrons. The quantitative estimate of drug-likeness (QED) is 0.659. The summed E-state index contributed by atoms with van der Waals surface area (Å²) in [4.78, 5) is 0. The number of benzene rings is 1. The monoisotopic (exact) mass is 197 g/mol. The lowest BCUT2D eigenvalue weighted by Crippen LogP contribution is -2.07. The Balaban J connectivity index is 2.03. The van der Waals surface area contributed by atoms with Crippen molar-refractivity contribution in [1.82, 2.24) is 4.57 Å². The fourth-order valence-electron chi connectivity index (χ4n) is 2.35. The van der Waals surface area contributed by atoms with Crippen LogP contribution in [-0.4, -0.2) is 4.57 Å². The smallest absolute Gasteiger partial charge is 0.0222 e. The van der Waals surface area contributed by atoms with Gasteiger partial charge in [-0.05, 0) is 36.5 Å². The minimum atomic E-state index is 1.20. The molecule has 2 aromatic rings. The number of aryl methyl sites for hydroxylation is 2.